The highest BCUT2D eigenvalue weighted by Gasteiger charge is 2.11. The van der Waals surface area contributed by atoms with Crippen LogP contribution >= 0.6 is 0 Å². The van der Waals surface area contributed by atoms with Crippen molar-refractivity contribution >= 4 is 18.0 Å². The zero-order valence-corrected chi connectivity index (χ0v) is 16.7. The Bertz CT molecular complexity index is 841. The second-order valence-electron chi connectivity index (χ2n) is 5.87. The molecule has 0 saturated carbocycles. The number of hydrogen-bond donors (Lipinski definition) is 0. The predicted octanol–water partition coefficient (Wildman–Crippen LogP) is 3.65. The normalized spacial score (nSPS) is 10.4. The zero-order chi connectivity index (χ0) is 21.1. The standard InChI is InChI=1S/C22H24O7/c1-25-17-8-10-18(11-9-17)28-14-4-5-22(24)29-19-12-6-16(15-20(19)26-2)7-13-21(23)27-3/h6-13,15H,4-5,14H2,1-3H3/b13-7+. The van der Waals surface area contributed by atoms with Crippen molar-refractivity contribution in [1.29, 1.82) is 0 Å². The van der Waals surface area contributed by atoms with E-state index in [9.17, 15) is 9.59 Å². The Hall–Kier alpha value is -3.48. The van der Waals surface area contributed by atoms with E-state index in [-0.39, 0.29) is 12.4 Å². The van der Waals surface area contributed by atoms with E-state index >= 15 is 0 Å². The van der Waals surface area contributed by atoms with Crippen LogP contribution in [0.4, 0.5) is 0 Å². The van der Waals surface area contributed by atoms with Crippen LogP contribution in [0.2, 0.25) is 0 Å². The van der Waals surface area contributed by atoms with Gasteiger partial charge in [-0.3, -0.25) is 4.79 Å². The molecule has 2 aromatic carbocycles. The van der Waals surface area contributed by atoms with E-state index in [2.05, 4.69) is 4.74 Å². The molecule has 0 N–H and O–H groups in total. The maximum absolute atomic E-state index is 12.1. The van der Waals surface area contributed by atoms with Gasteiger partial charge < -0.3 is 23.7 Å². The van der Waals surface area contributed by atoms with E-state index in [1.807, 2.05) is 0 Å². The summed E-state index contributed by atoms with van der Waals surface area (Å²) >= 11 is 0. The van der Waals surface area contributed by atoms with Gasteiger partial charge in [0, 0.05) is 12.5 Å². The number of rotatable bonds is 10. The lowest BCUT2D eigenvalue weighted by Gasteiger charge is -2.10. The molecule has 29 heavy (non-hydrogen) atoms. The first-order valence-electron chi connectivity index (χ1n) is 8.97. The van der Waals surface area contributed by atoms with E-state index in [0.717, 1.165) is 5.75 Å². The number of hydrogen-bond acceptors (Lipinski definition) is 7. The molecule has 0 heterocycles. The molecular formula is C22H24O7. The highest BCUT2D eigenvalue weighted by atomic mass is 16.6. The zero-order valence-electron chi connectivity index (χ0n) is 16.7. The summed E-state index contributed by atoms with van der Waals surface area (Å²) in [6.07, 6.45) is 3.58. The monoisotopic (exact) mass is 400 g/mol. The molecule has 0 atom stereocenters. The first kappa shape index (κ1) is 21.8. The second-order valence-corrected chi connectivity index (χ2v) is 5.87. The fourth-order valence-corrected chi connectivity index (χ4v) is 2.36. The van der Waals surface area contributed by atoms with Crippen LogP contribution in [-0.4, -0.2) is 39.9 Å². The van der Waals surface area contributed by atoms with Crippen LogP contribution in [-0.2, 0) is 14.3 Å². The topological polar surface area (TPSA) is 80.3 Å². The molecule has 0 aliphatic carbocycles. The van der Waals surface area contributed by atoms with Gasteiger partial charge in [-0.25, -0.2) is 4.79 Å². The lowest BCUT2D eigenvalue weighted by Crippen LogP contribution is -2.10. The van der Waals surface area contributed by atoms with Gasteiger partial charge in [-0.15, -0.1) is 0 Å². The molecule has 2 rings (SSSR count). The van der Waals surface area contributed by atoms with Gasteiger partial charge in [0.15, 0.2) is 11.5 Å². The molecule has 0 fully saturated rings. The van der Waals surface area contributed by atoms with Crippen molar-refractivity contribution < 1.29 is 33.3 Å². The fourth-order valence-electron chi connectivity index (χ4n) is 2.36. The van der Waals surface area contributed by atoms with Gasteiger partial charge in [-0.1, -0.05) is 6.07 Å². The Morgan fingerprint density at radius 1 is 0.897 bits per heavy atom. The smallest absolute Gasteiger partial charge is 0.330 e. The van der Waals surface area contributed by atoms with Crippen molar-refractivity contribution in [3.63, 3.8) is 0 Å². The molecule has 0 spiro atoms. The van der Waals surface area contributed by atoms with Crippen LogP contribution in [0.3, 0.4) is 0 Å². The summed E-state index contributed by atoms with van der Waals surface area (Å²) < 4.78 is 25.9. The number of esters is 2. The summed E-state index contributed by atoms with van der Waals surface area (Å²) in [5, 5.41) is 0. The number of benzene rings is 2. The van der Waals surface area contributed by atoms with Gasteiger partial charge >= 0.3 is 11.9 Å². The third kappa shape index (κ3) is 7.21. The predicted molar refractivity (Wildman–Crippen MR) is 107 cm³/mol. The Morgan fingerprint density at radius 3 is 2.28 bits per heavy atom. The summed E-state index contributed by atoms with van der Waals surface area (Å²) in [6, 6.07) is 12.2. The Kier molecular flexibility index (Phi) is 8.56. The summed E-state index contributed by atoms with van der Waals surface area (Å²) in [4.78, 5) is 23.3. The average molecular weight is 400 g/mol. The molecule has 0 saturated heterocycles. The maximum atomic E-state index is 12.1. The van der Waals surface area contributed by atoms with Crippen molar-refractivity contribution in [1.82, 2.24) is 0 Å². The van der Waals surface area contributed by atoms with Crippen molar-refractivity contribution in [2.45, 2.75) is 12.8 Å². The van der Waals surface area contributed by atoms with Crippen LogP contribution in [0.5, 0.6) is 23.0 Å². The lowest BCUT2D eigenvalue weighted by molar-refractivity contribution is -0.135. The summed E-state index contributed by atoms with van der Waals surface area (Å²) in [7, 11) is 4.38. The molecular weight excluding hydrogens is 376 g/mol. The Labute approximate surface area is 169 Å². The van der Waals surface area contributed by atoms with Gasteiger partial charge in [0.25, 0.3) is 0 Å². The first-order chi connectivity index (χ1) is 14.0. The number of carbonyl (C=O) groups is 2. The molecule has 0 radical (unpaired) electrons. The molecule has 0 amide bonds. The molecule has 2 aromatic rings. The Balaban J connectivity index is 1.82. The quantitative estimate of drug-likeness (QED) is 0.261. The lowest BCUT2D eigenvalue weighted by atomic mass is 10.2. The van der Waals surface area contributed by atoms with E-state index in [1.54, 1.807) is 55.7 Å². The van der Waals surface area contributed by atoms with Crippen LogP contribution in [0.25, 0.3) is 6.08 Å². The molecule has 7 heteroatoms. The molecule has 0 bridgehead atoms. The third-order valence-electron chi connectivity index (χ3n) is 3.88. The first-order valence-corrected chi connectivity index (χ1v) is 8.97. The van der Waals surface area contributed by atoms with Crippen molar-refractivity contribution in [2.24, 2.45) is 0 Å². The van der Waals surface area contributed by atoms with Crippen LogP contribution in [0, 0.1) is 0 Å². The SMILES string of the molecule is COC(=O)/C=C/c1ccc(OC(=O)CCCOc2ccc(OC)cc2)c(OC)c1. The average Bonchev–Trinajstić information content (AvgIpc) is 2.76. The van der Waals surface area contributed by atoms with Crippen LogP contribution in [0.15, 0.2) is 48.5 Å². The van der Waals surface area contributed by atoms with E-state index < -0.39 is 5.97 Å². The van der Waals surface area contributed by atoms with Crippen molar-refractivity contribution in [2.75, 3.05) is 27.9 Å². The van der Waals surface area contributed by atoms with Gasteiger partial charge in [0.1, 0.15) is 11.5 Å². The number of carbonyl (C=O) groups excluding carboxylic acids is 2. The van der Waals surface area contributed by atoms with Crippen molar-refractivity contribution in [3.8, 4) is 23.0 Å². The van der Waals surface area contributed by atoms with E-state index in [1.165, 1.54) is 20.3 Å². The summed E-state index contributed by atoms with van der Waals surface area (Å²) in [6.45, 7) is 0.385. The Morgan fingerprint density at radius 2 is 1.62 bits per heavy atom. The molecule has 154 valence electrons. The molecule has 0 aliphatic heterocycles. The molecule has 0 unspecified atom stereocenters. The maximum Gasteiger partial charge on any atom is 0.330 e. The van der Waals surface area contributed by atoms with Gasteiger partial charge in [0.05, 0.1) is 27.9 Å². The van der Waals surface area contributed by atoms with Gasteiger partial charge in [-0.2, -0.15) is 0 Å². The van der Waals surface area contributed by atoms with Crippen LogP contribution < -0.4 is 18.9 Å². The minimum absolute atomic E-state index is 0.198. The molecule has 0 aliphatic rings. The summed E-state index contributed by atoms with van der Waals surface area (Å²) in [5.74, 6) is 1.30. The molecule has 7 nitrogen and oxygen atoms in total. The van der Waals surface area contributed by atoms with Gasteiger partial charge in [-0.05, 0) is 54.5 Å². The van der Waals surface area contributed by atoms with Crippen molar-refractivity contribution in [3.05, 3.63) is 54.1 Å². The van der Waals surface area contributed by atoms with Crippen LogP contribution in [0.1, 0.15) is 18.4 Å². The largest absolute Gasteiger partial charge is 0.497 e. The number of ether oxygens (including phenoxy) is 5. The summed E-state index contributed by atoms with van der Waals surface area (Å²) in [5.41, 5.74) is 0.708. The van der Waals surface area contributed by atoms with E-state index in [4.69, 9.17) is 18.9 Å². The van der Waals surface area contributed by atoms with E-state index in [0.29, 0.717) is 35.8 Å². The second kappa shape index (κ2) is 11.4. The minimum atomic E-state index is -0.462. The van der Waals surface area contributed by atoms with Gasteiger partial charge in [0.2, 0.25) is 0 Å². The number of methoxy groups -OCH3 is 3. The minimum Gasteiger partial charge on any atom is -0.497 e. The third-order valence-corrected chi connectivity index (χ3v) is 3.88. The molecule has 0 aromatic heterocycles. The highest BCUT2D eigenvalue weighted by Crippen LogP contribution is 2.29. The fraction of sp³-hybridized carbons (Fsp3) is 0.273. The highest BCUT2D eigenvalue weighted by molar-refractivity contribution is 5.87.